The largest absolute Gasteiger partial charge is 0.549 e. The van der Waals surface area contributed by atoms with E-state index in [0.717, 1.165) is 72.5 Å². The summed E-state index contributed by atoms with van der Waals surface area (Å²) in [7, 11) is 0. The number of rotatable bonds is 12. The molecule has 0 heterocycles. The Hall–Kier alpha value is -6.84. The number of hydrogen-bond donors (Lipinski definition) is 12. The Kier molecular flexibility index (Phi) is 72.7. The SMILES string of the molecule is O=C([O-])C1(C(=O)[O-])CCC1.O=C([O-])C1(C(=O)[O-])CCC1.O=C([O-])C1(C(=O)[O-])CCC1.O=C([O-])C1(C(=O)[O-])CCC1.O=C([O-])C1(C(=O)[O-])CCC1.O=C([O-])C1(C(=O)[O-])CCC1.[NH3+]C1CCCCC1.[NH3+]C1CCCCC1.[NH3+]C1CCCCC1.[NH3+]C1CCCCC1.[NH3+]C1CCCCC1.[NH3+]C1CCCCC1.[NH3+]C1CCCCC1.[NH3+]C1CCCCC1.[NH3+]C1CCCCC1.[NH3+]C1CCCCC1.[NH3+]C1CCCCC1.[NH3+]C1CCCCC1. The highest BCUT2D eigenvalue weighted by atomic mass is 16.4. The Morgan fingerprint density at radius 1 is 0.111 bits per heavy atom. The van der Waals surface area contributed by atoms with Gasteiger partial charge in [-0.15, -0.1) is 0 Å². The van der Waals surface area contributed by atoms with Crippen molar-refractivity contribution in [3.05, 3.63) is 0 Å². The molecule has 144 heavy (non-hydrogen) atoms. The number of aliphatic carboxylic acids is 12. The van der Waals surface area contributed by atoms with Gasteiger partial charge < -0.3 is 188 Å². The second kappa shape index (κ2) is 77.5. The minimum absolute atomic E-state index is 0.150. The van der Waals surface area contributed by atoms with Crippen molar-refractivity contribution in [3.63, 3.8) is 0 Å². The van der Waals surface area contributed by atoms with Crippen LogP contribution in [0.1, 0.15) is 501 Å². The number of hydrogen-bond acceptors (Lipinski definition) is 24. The third-order valence-corrected chi connectivity index (χ3v) is 32.6. The molecule has 18 rings (SSSR count). The molecule has 18 aliphatic carbocycles. The molecule has 0 spiro atoms. The topological polar surface area (TPSA) is 813 Å². The average molecular weight is 2050 g/mol. The standard InChI is InChI=1S/12C6H13N.6C6H8O4/c12*7-6-4-2-1-3-5-6;6*7-4(8)6(5(9)10)2-1-3-6/h12*6H,1-5,7H2;6*1-3H2,(H,7,8)(H,9,10). The highest BCUT2D eigenvalue weighted by Crippen LogP contribution is 2.44. The van der Waals surface area contributed by atoms with E-state index in [2.05, 4.69) is 68.8 Å². The zero-order chi connectivity index (χ0) is 108. The molecule has 36 heteroatoms. The van der Waals surface area contributed by atoms with Gasteiger partial charge in [0.25, 0.3) is 0 Å². The van der Waals surface area contributed by atoms with Gasteiger partial charge in [0.05, 0.1) is 144 Å². The smallest absolute Gasteiger partial charge is 0.0843 e. The second-order valence-electron chi connectivity index (χ2n) is 45.1. The summed E-state index contributed by atoms with van der Waals surface area (Å²) in [5, 5.41) is 123. The Balaban J connectivity index is 0.000000764. The highest BCUT2D eigenvalue weighted by Gasteiger charge is 2.44. The van der Waals surface area contributed by atoms with Crippen molar-refractivity contribution in [3.8, 4) is 0 Å². The first kappa shape index (κ1) is 135. The lowest BCUT2D eigenvalue weighted by Crippen LogP contribution is -2.61. The number of carbonyl (C=O) groups is 12. The van der Waals surface area contributed by atoms with Gasteiger partial charge in [0.1, 0.15) is 0 Å². The van der Waals surface area contributed by atoms with Crippen LogP contribution in [0.3, 0.4) is 0 Å². The molecule has 0 aromatic heterocycles. The predicted molar refractivity (Wildman–Crippen MR) is 515 cm³/mol. The number of carboxylic acids is 12. The first-order chi connectivity index (χ1) is 68.3. The molecule has 18 fully saturated rings. The molecule has 0 aromatic rings. The van der Waals surface area contributed by atoms with Crippen molar-refractivity contribution in [1.29, 1.82) is 0 Å². The molecular formula is C108H204N12O24. The molecule has 0 saturated heterocycles. The Labute approximate surface area is 860 Å². The molecular weight excluding hydrogens is 1850 g/mol. The van der Waals surface area contributed by atoms with Crippen molar-refractivity contribution in [2.24, 2.45) is 32.5 Å². The van der Waals surface area contributed by atoms with E-state index in [-0.39, 0.29) is 77.0 Å². The molecule has 840 valence electrons. The second-order valence-corrected chi connectivity index (χ2v) is 45.1. The zero-order valence-corrected chi connectivity index (χ0v) is 89.4. The van der Waals surface area contributed by atoms with E-state index in [1.165, 1.54) is 385 Å². The summed E-state index contributed by atoms with van der Waals surface area (Å²) in [5.41, 5.74) is 38.0. The molecule has 0 aliphatic heterocycles. The van der Waals surface area contributed by atoms with Crippen molar-refractivity contribution in [2.45, 2.75) is 573 Å². The third kappa shape index (κ3) is 55.6. The first-order valence-corrected chi connectivity index (χ1v) is 56.8. The van der Waals surface area contributed by atoms with Crippen LogP contribution in [-0.2, 0) is 57.5 Å². The molecule has 0 amide bonds. The van der Waals surface area contributed by atoms with E-state index in [0.29, 0.717) is 38.5 Å². The summed E-state index contributed by atoms with van der Waals surface area (Å²) in [5.74, 6) is -18.2. The minimum atomic E-state index is -1.67. The van der Waals surface area contributed by atoms with E-state index >= 15 is 0 Å². The molecule has 0 unspecified atom stereocenters. The maximum Gasteiger partial charge on any atom is 0.0843 e. The summed E-state index contributed by atoms with van der Waals surface area (Å²) in [4.78, 5) is 123. The minimum Gasteiger partial charge on any atom is -0.549 e. The molecule has 36 nitrogen and oxygen atoms in total. The van der Waals surface area contributed by atoms with E-state index in [1.54, 1.807) is 0 Å². The van der Waals surface area contributed by atoms with Crippen molar-refractivity contribution in [2.75, 3.05) is 0 Å². The summed E-state index contributed by atoms with van der Waals surface area (Å²) >= 11 is 0. The maximum atomic E-state index is 10.2. The summed E-state index contributed by atoms with van der Waals surface area (Å²) in [6.07, 6.45) is 90.2. The van der Waals surface area contributed by atoms with E-state index < -0.39 is 104 Å². The van der Waals surface area contributed by atoms with Crippen molar-refractivity contribution in [1.82, 2.24) is 0 Å². The fourth-order valence-corrected chi connectivity index (χ4v) is 20.4. The van der Waals surface area contributed by atoms with E-state index in [1.807, 2.05) is 0 Å². The third-order valence-electron chi connectivity index (χ3n) is 32.6. The van der Waals surface area contributed by atoms with Crippen molar-refractivity contribution >= 4 is 71.6 Å². The number of carboxylic acid groups (broad SMARTS) is 12. The van der Waals surface area contributed by atoms with Gasteiger partial charge in [0.2, 0.25) is 0 Å². The van der Waals surface area contributed by atoms with Crippen molar-refractivity contribution < 1.29 is 188 Å². The van der Waals surface area contributed by atoms with Crippen LogP contribution in [0, 0.1) is 32.5 Å². The molecule has 0 aromatic carbocycles. The Bertz CT molecular complexity index is 2690. The molecule has 0 atom stereocenters. The lowest BCUT2D eigenvalue weighted by molar-refractivity contribution is -0.425. The van der Waals surface area contributed by atoms with Crippen LogP contribution in [0.2, 0.25) is 0 Å². The lowest BCUT2D eigenvalue weighted by Gasteiger charge is -2.43. The van der Waals surface area contributed by atoms with E-state index in [4.69, 9.17) is 0 Å². The van der Waals surface area contributed by atoms with Crippen LogP contribution in [0.15, 0.2) is 0 Å². The summed E-state index contributed by atoms with van der Waals surface area (Å²) < 4.78 is 0. The molecule has 0 bridgehead atoms. The average Bonchev–Trinajstić information content (AvgIpc) is 0.815. The number of quaternary nitrogens is 12. The first-order valence-electron chi connectivity index (χ1n) is 56.8. The number of carbonyl (C=O) groups excluding carboxylic acids is 12. The van der Waals surface area contributed by atoms with Gasteiger partial charge in [-0.2, -0.15) is 0 Å². The van der Waals surface area contributed by atoms with Gasteiger partial charge in [0.15, 0.2) is 0 Å². The van der Waals surface area contributed by atoms with Gasteiger partial charge in [-0.1, -0.05) is 116 Å². The lowest BCUT2D eigenvalue weighted by atomic mass is 9.69. The van der Waals surface area contributed by atoms with Gasteiger partial charge in [-0.05, 0) is 385 Å². The van der Waals surface area contributed by atoms with Crippen LogP contribution >= 0.6 is 0 Å². The fourth-order valence-electron chi connectivity index (χ4n) is 20.4. The van der Waals surface area contributed by atoms with Crippen LogP contribution in [-0.4, -0.2) is 144 Å². The predicted octanol–water partition coefficient (Wildman–Crippen LogP) is -7.33. The van der Waals surface area contributed by atoms with Crippen LogP contribution in [0.25, 0.3) is 0 Å². The van der Waals surface area contributed by atoms with Crippen LogP contribution in [0.4, 0.5) is 0 Å². The quantitative estimate of drug-likeness (QED) is 0.0808. The molecule has 0 radical (unpaired) electrons. The van der Waals surface area contributed by atoms with Gasteiger partial charge in [0, 0.05) is 32.5 Å². The van der Waals surface area contributed by atoms with Gasteiger partial charge >= 0.3 is 0 Å². The highest BCUT2D eigenvalue weighted by molar-refractivity contribution is 6.00. The zero-order valence-electron chi connectivity index (χ0n) is 89.4. The summed E-state index contributed by atoms with van der Waals surface area (Å²) in [6.45, 7) is 0. The Morgan fingerprint density at radius 2 is 0.167 bits per heavy atom. The normalized spacial score (nSPS) is 23.6. The molecule has 36 N–H and O–H groups in total. The van der Waals surface area contributed by atoms with E-state index in [9.17, 15) is 119 Å². The molecule has 18 aliphatic rings. The summed E-state index contributed by atoms with van der Waals surface area (Å²) in [6, 6.07) is 9.43. The maximum absolute atomic E-state index is 10.2. The molecule has 18 saturated carbocycles. The Morgan fingerprint density at radius 3 is 0.181 bits per heavy atom. The fraction of sp³-hybridized carbons (Fsp3) is 0.889. The van der Waals surface area contributed by atoms with Gasteiger partial charge in [-0.25, -0.2) is 0 Å². The monoisotopic (exact) mass is 2050 g/mol. The van der Waals surface area contributed by atoms with Gasteiger partial charge in [-0.3, -0.25) is 0 Å². The van der Waals surface area contributed by atoms with Crippen LogP contribution < -0.4 is 130 Å². The van der Waals surface area contributed by atoms with Crippen LogP contribution in [0.5, 0.6) is 0 Å².